The minimum Gasteiger partial charge on any atom is -0.508 e. The van der Waals surface area contributed by atoms with Crippen LogP contribution in [0.15, 0.2) is 18.2 Å². The Bertz CT molecular complexity index is 351. The number of rotatable bonds is 3. The molecule has 16 heavy (non-hydrogen) atoms. The molecule has 0 spiro atoms. The number of hydrazine groups is 1. The third-order valence-corrected chi connectivity index (χ3v) is 2.75. The fourth-order valence-electron chi connectivity index (χ4n) is 1.79. The van der Waals surface area contributed by atoms with E-state index in [1.807, 2.05) is 12.1 Å². The predicted molar refractivity (Wildman–Crippen MR) is 62.0 cm³/mol. The molecular formula is C11H17N3O2. The Morgan fingerprint density at radius 2 is 2.12 bits per heavy atom. The van der Waals surface area contributed by atoms with Crippen LogP contribution in [0.4, 0.5) is 5.69 Å². The highest BCUT2D eigenvalue weighted by Crippen LogP contribution is 2.23. The minimum atomic E-state index is 0.280. The molecule has 1 aromatic carbocycles. The van der Waals surface area contributed by atoms with E-state index in [1.54, 1.807) is 6.07 Å². The topological polar surface area (TPSA) is 70.8 Å². The Morgan fingerprint density at radius 1 is 1.38 bits per heavy atom. The van der Waals surface area contributed by atoms with E-state index in [9.17, 15) is 5.11 Å². The molecule has 0 bridgehead atoms. The van der Waals surface area contributed by atoms with Crippen molar-refractivity contribution in [2.24, 2.45) is 5.84 Å². The van der Waals surface area contributed by atoms with Crippen molar-refractivity contribution in [3.05, 3.63) is 23.8 Å². The molecule has 4 N–H and O–H groups in total. The van der Waals surface area contributed by atoms with Gasteiger partial charge in [-0.1, -0.05) is 6.07 Å². The predicted octanol–water partition coefficient (Wildman–Crippen LogP) is 0.510. The maximum atomic E-state index is 9.80. The number of benzene rings is 1. The molecular weight excluding hydrogens is 206 g/mol. The number of hydrogen-bond donors (Lipinski definition) is 3. The molecule has 5 nitrogen and oxygen atoms in total. The first-order valence-electron chi connectivity index (χ1n) is 5.38. The summed E-state index contributed by atoms with van der Waals surface area (Å²) in [5, 5.41) is 9.80. The zero-order valence-corrected chi connectivity index (χ0v) is 9.15. The van der Waals surface area contributed by atoms with Crippen LogP contribution < -0.4 is 11.3 Å². The summed E-state index contributed by atoms with van der Waals surface area (Å²) >= 11 is 0. The number of nitrogens with one attached hydrogen (secondary N) is 1. The number of morpholine rings is 1. The molecule has 5 heteroatoms. The average molecular weight is 223 g/mol. The molecule has 0 atom stereocenters. The molecule has 0 radical (unpaired) electrons. The van der Waals surface area contributed by atoms with Crippen molar-refractivity contribution in [3.63, 3.8) is 0 Å². The second-order valence-corrected chi connectivity index (χ2v) is 3.88. The van der Waals surface area contributed by atoms with E-state index in [2.05, 4.69) is 10.3 Å². The van der Waals surface area contributed by atoms with Gasteiger partial charge in [-0.15, -0.1) is 0 Å². The van der Waals surface area contributed by atoms with Gasteiger partial charge in [-0.05, 0) is 6.07 Å². The molecule has 0 unspecified atom stereocenters. The second-order valence-electron chi connectivity index (χ2n) is 3.88. The summed E-state index contributed by atoms with van der Waals surface area (Å²) in [5.74, 6) is 5.54. The molecule has 1 aliphatic rings. The van der Waals surface area contributed by atoms with Gasteiger partial charge in [0, 0.05) is 31.3 Å². The van der Waals surface area contributed by atoms with Crippen LogP contribution in [-0.4, -0.2) is 36.3 Å². The van der Waals surface area contributed by atoms with Crippen LogP contribution in [0.2, 0.25) is 0 Å². The van der Waals surface area contributed by atoms with Crippen LogP contribution in [0.25, 0.3) is 0 Å². The number of aromatic hydroxyl groups is 1. The number of ether oxygens (including phenoxy) is 1. The smallest absolute Gasteiger partial charge is 0.122 e. The normalized spacial score (nSPS) is 17.3. The molecule has 1 saturated heterocycles. The van der Waals surface area contributed by atoms with Crippen molar-refractivity contribution in [3.8, 4) is 5.75 Å². The Labute approximate surface area is 94.8 Å². The van der Waals surface area contributed by atoms with Crippen LogP contribution in [0.5, 0.6) is 5.75 Å². The zero-order valence-electron chi connectivity index (χ0n) is 9.15. The van der Waals surface area contributed by atoms with E-state index in [1.165, 1.54) is 0 Å². The minimum absolute atomic E-state index is 0.280. The number of nitrogens with zero attached hydrogens (tertiary/aromatic N) is 1. The summed E-state index contributed by atoms with van der Waals surface area (Å²) in [6.07, 6.45) is 0. The van der Waals surface area contributed by atoms with Crippen molar-refractivity contribution in [1.82, 2.24) is 4.90 Å². The molecule has 88 valence electrons. The fourth-order valence-corrected chi connectivity index (χ4v) is 1.79. The Balaban J connectivity index is 2.03. The summed E-state index contributed by atoms with van der Waals surface area (Å²) in [5.41, 5.74) is 4.13. The van der Waals surface area contributed by atoms with Gasteiger partial charge >= 0.3 is 0 Å². The maximum Gasteiger partial charge on any atom is 0.122 e. The zero-order chi connectivity index (χ0) is 11.4. The number of anilines is 1. The summed E-state index contributed by atoms with van der Waals surface area (Å²) in [6, 6.07) is 5.38. The Hall–Kier alpha value is -1.30. The monoisotopic (exact) mass is 223 g/mol. The molecule has 1 aliphatic heterocycles. The highest BCUT2D eigenvalue weighted by molar-refractivity contribution is 5.50. The van der Waals surface area contributed by atoms with Gasteiger partial charge in [0.1, 0.15) is 5.75 Å². The Morgan fingerprint density at radius 3 is 2.75 bits per heavy atom. The lowest BCUT2D eigenvalue weighted by atomic mass is 10.1. The van der Waals surface area contributed by atoms with E-state index in [0.717, 1.165) is 38.4 Å². The first kappa shape index (κ1) is 11.2. The van der Waals surface area contributed by atoms with Gasteiger partial charge in [-0.25, -0.2) is 0 Å². The van der Waals surface area contributed by atoms with E-state index < -0.39 is 0 Å². The first-order chi connectivity index (χ1) is 7.79. The van der Waals surface area contributed by atoms with E-state index in [4.69, 9.17) is 10.6 Å². The van der Waals surface area contributed by atoms with Crippen molar-refractivity contribution in [2.45, 2.75) is 6.54 Å². The average Bonchev–Trinajstić information content (AvgIpc) is 2.33. The molecule has 0 saturated carbocycles. The molecule has 2 rings (SSSR count). The Kier molecular flexibility index (Phi) is 3.61. The van der Waals surface area contributed by atoms with Crippen molar-refractivity contribution < 1.29 is 9.84 Å². The van der Waals surface area contributed by atoms with Crippen LogP contribution in [0.1, 0.15) is 5.56 Å². The van der Waals surface area contributed by atoms with E-state index in [0.29, 0.717) is 5.69 Å². The van der Waals surface area contributed by atoms with Gasteiger partial charge in [0.05, 0.1) is 18.9 Å². The number of hydrogen-bond acceptors (Lipinski definition) is 5. The number of phenols is 1. The second kappa shape index (κ2) is 5.16. The van der Waals surface area contributed by atoms with Crippen molar-refractivity contribution >= 4 is 5.69 Å². The molecule has 1 fully saturated rings. The first-order valence-corrected chi connectivity index (χ1v) is 5.38. The SMILES string of the molecule is NNc1ccc(CN2CCOCC2)c(O)c1. The third-order valence-electron chi connectivity index (χ3n) is 2.75. The largest absolute Gasteiger partial charge is 0.508 e. The number of nitrogens with two attached hydrogens (primary N) is 1. The van der Waals surface area contributed by atoms with Gasteiger partial charge in [-0.3, -0.25) is 10.7 Å². The molecule has 1 aromatic rings. The fraction of sp³-hybridized carbons (Fsp3) is 0.455. The van der Waals surface area contributed by atoms with Gasteiger partial charge in [-0.2, -0.15) is 0 Å². The van der Waals surface area contributed by atoms with Crippen LogP contribution in [0, 0.1) is 0 Å². The van der Waals surface area contributed by atoms with Crippen molar-refractivity contribution in [2.75, 3.05) is 31.7 Å². The summed E-state index contributed by atoms with van der Waals surface area (Å²) in [6.45, 7) is 4.11. The van der Waals surface area contributed by atoms with Gasteiger partial charge in [0.2, 0.25) is 0 Å². The van der Waals surface area contributed by atoms with Gasteiger partial charge < -0.3 is 15.3 Å². The highest BCUT2D eigenvalue weighted by Gasteiger charge is 2.12. The molecule has 0 aliphatic carbocycles. The van der Waals surface area contributed by atoms with E-state index >= 15 is 0 Å². The van der Waals surface area contributed by atoms with Gasteiger partial charge in [0.15, 0.2) is 0 Å². The van der Waals surface area contributed by atoms with Crippen molar-refractivity contribution in [1.29, 1.82) is 0 Å². The lowest BCUT2D eigenvalue weighted by Gasteiger charge is -2.26. The molecule has 0 amide bonds. The standard InChI is InChI=1S/C11H17N3O2/c12-13-10-2-1-9(11(15)7-10)8-14-3-5-16-6-4-14/h1-2,7,13,15H,3-6,8,12H2. The highest BCUT2D eigenvalue weighted by atomic mass is 16.5. The van der Waals surface area contributed by atoms with Crippen LogP contribution in [0.3, 0.4) is 0 Å². The maximum absolute atomic E-state index is 9.80. The van der Waals surface area contributed by atoms with Gasteiger partial charge in [0.25, 0.3) is 0 Å². The van der Waals surface area contributed by atoms with E-state index in [-0.39, 0.29) is 5.75 Å². The molecule has 0 aromatic heterocycles. The number of phenolic OH excluding ortho intramolecular Hbond substituents is 1. The summed E-state index contributed by atoms with van der Waals surface area (Å²) in [7, 11) is 0. The summed E-state index contributed by atoms with van der Waals surface area (Å²) in [4.78, 5) is 2.26. The third kappa shape index (κ3) is 2.63. The lowest BCUT2D eigenvalue weighted by molar-refractivity contribution is 0.0339. The summed E-state index contributed by atoms with van der Waals surface area (Å²) < 4.78 is 5.27. The quantitative estimate of drug-likeness (QED) is 0.514. The number of nitrogen functional groups attached to an aromatic ring is 1. The lowest BCUT2D eigenvalue weighted by Crippen LogP contribution is -2.35. The van der Waals surface area contributed by atoms with Crippen LogP contribution in [-0.2, 0) is 11.3 Å². The molecule has 1 heterocycles. The van der Waals surface area contributed by atoms with Crippen LogP contribution >= 0.6 is 0 Å².